The van der Waals surface area contributed by atoms with Gasteiger partial charge in [0.05, 0.1) is 0 Å². The van der Waals surface area contributed by atoms with Gasteiger partial charge in [-0.1, -0.05) is 20.8 Å². The Kier molecular flexibility index (Phi) is 3.78. The zero-order chi connectivity index (χ0) is 10.0. The molecule has 1 nitrogen and oxygen atoms in total. The molecule has 1 aliphatic heterocycles. The molecular weight excluding hydrogens is 158 g/mol. The molecule has 0 aromatic heterocycles. The third-order valence-electron chi connectivity index (χ3n) is 3.59. The van der Waals surface area contributed by atoms with Gasteiger partial charge in [0.25, 0.3) is 0 Å². The van der Waals surface area contributed by atoms with Crippen molar-refractivity contribution < 1.29 is 0 Å². The molecule has 0 spiro atoms. The van der Waals surface area contributed by atoms with Crippen molar-refractivity contribution in [2.75, 3.05) is 13.1 Å². The second-order valence-electron chi connectivity index (χ2n) is 5.26. The SMILES string of the molecule is CC(C)[C@H]1CCN(C(C)C)C[C@@H]1C. The van der Waals surface area contributed by atoms with Crippen LogP contribution in [-0.2, 0) is 0 Å². The normalized spacial score (nSPS) is 31.6. The molecule has 0 N–H and O–H groups in total. The lowest BCUT2D eigenvalue weighted by atomic mass is 9.79. The molecule has 0 radical (unpaired) electrons. The van der Waals surface area contributed by atoms with Crippen LogP contribution in [-0.4, -0.2) is 24.0 Å². The maximum atomic E-state index is 2.61. The molecule has 1 fully saturated rings. The third kappa shape index (κ3) is 2.70. The summed E-state index contributed by atoms with van der Waals surface area (Å²) in [6, 6.07) is 0.732. The first-order valence-electron chi connectivity index (χ1n) is 5.76. The van der Waals surface area contributed by atoms with Gasteiger partial charge in [-0.25, -0.2) is 0 Å². The van der Waals surface area contributed by atoms with Crippen LogP contribution in [0.4, 0.5) is 0 Å². The van der Waals surface area contributed by atoms with Crippen LogP contribution < -0.4 is 0 Å². The average molecular weight is 183 g/mol. The Bertz CT molecular complexity index is 151. The van der Waals surface area contributed by atoms with Gasteiger partial charge in [-0.2, -0.15) is 0 Å². The minimum Gasteiger partial charge on any atom is -0.301 e. The lowest BCUT2D eigenvalue weighted by Gasteiger charge is -2.40. The number of nitrogens with zero attached hydrogens (tertiary/aromatic N) is 1. The van der Waals surface area contributed by atoms with Gasteiger partial charge >= 0.3 is 0 Å². The van der Waals surface area contributed by atoms with Gasteiger partial charge in [-0.15, -0.1) is 0 Å². The number of hydrogen-bond donors (Lipinski definition) is 0. The van der Waals surface area contributed by atoms with Crippen LogP contribution >= 0.6 is 0 Å². The van der Waals surface area contributed by atoms with E-state index in [1.54, 1.807) is 0 Å². The highest BCUT2D eigenvalue weighted by atomic mass is 15.2. The smallest absolute Gasteiger partial charge is 0.00387 e. The van der Waals surface area contributed by atoms with Crippen molar-refractivity contribution in [1.29, 1.82) is 0 Å². The Morgan fingerprint density at radius 2 is 1.77 bits per heavy atom. The molecule has 0 amide bonds. The molecule has 1 rings (SSSR count). The lowest BCUT2D eigenvalue weighted by molar-refractivity contribution is 0.0799. The van der Waals surface area contributed by atoms with Gasteiger partial charge < -0.3 is 4.90 Å². The molecule has 1 heteroatoms. The molecule has 0 aromatic rings. The lowest BCUT2D eigenvalue weighted by Crippen LogP contribution is -2.44. The molecule has 13 heavy (non-hydrogen) atoms. The van der Waals surface area contributed by atoms with Crippen molar-refractivity contribution in [3.05, 3.63) is 0 Å². The standard InChI is InChI=1S/C12H25N/c1-9(2)12-6-7-13(10(3)4)8-11(12)5/h9-12H,6-8H2,1-5H3/t11-,12+/m0/s1. The fourth-order valence-corrected chi connectivity index (χ4v) is 2.66. The van der Waals surface area contributed by atoms with Gasteiger partial charge in [-0.05, 0) is 44.6 Å². The molecule has 0 unspecified atom stereocenters. The average Bonchev–Trinajstić information content (AvgIpc) is 2.03. The zero-order valence-electron chi connectivity index (χ0n) is 9.88. The molecule has 2 atom stereocenters. The van der Waals surface area contributed by atoms with Gasteiger partial charge in [0.2, 0.25) is 0 Å². The second-order valence-corrected chi connectivity index (χ2v) is 5.26. The summed E-state index contributed by atoms with van der Waals surface area (Å²) in [5, 5.41) is 0. The van der Waals surface area contributed by atoms with E-state index in [9.17, 15) is 0 Å². The molecule has 0 saturated carbocycles. The molecule has 0 aromatic carbocycles. The summed E-state index contributed by atoms with van der Waals surface area (Å²) in [7, 11) is 0. The maximum absolute atomic E-state index is 2.61. The molecule has 0 aliphatic carbocycles. The summed E-state index contributed by atoms with van der Waals surface area (Å²) < 4.78 is 0. The Hall–Kier alpha value is -0.0400. The Labute approximate surface area is 83.5 Å². The third-order valence-corrected chi connectivity index (χ3v) is 3.59. The summed E-state index contributed by atoms with van der Waals surface area (Å²) in [4.78, 5) is 2.61. The summed E-state index contributed by atoms with van der Waals surface area (Å²) in [6.07, 6.45) is 1.40. The Morgan fingerprint density at radius 3 is 2.15 bits per heavy atom. The molecule has 1 saturated heterocycles. The van der Waals surface area contributed by atoms with Gasteiger partial charge in [0, 0.05) is 12.6 Å². The van der Waals surface area contributed by atoms with Crippen LogP contribution in [0.3, 0.4) is 0 Å². The summed E-state index contributed by atoms with van der Waals surface area (Å²) in [6.45, 7) is 14.4. The maximum Gasteiger partial charge on any atom is 0.00387 e. The van der Waals surface area contributed by atoms with E-state index in [1.165, 1.54) is 19.5 Å². The topological polar surface area (TPSA) is 3.24 Å². The van der Waals surface area contributed by atoms with Crippen molar-refractivity contribution in [1.82, 2.24) is 4.90 Å². The molecule has 0 bridgehead atoms. The van der Waals surface area contributed by atoms with E-state index in [4.69, 9.17) is 0 Å². The summed E-state index contributed by atoms with van der Waals surface area (Å²) >= 11 is 0. The first-order chi connectivity index (χ1) is 6.02. The first kappa shape index (κ1) is 11.0. The van der Waals surface area contributed by atoms with Crippen molar-refractivity contribution in [3.8, 4) is 0 Å². The van der Waals surface area contributed by atoms with E-state index in [-0.39, 0.29) is 0 Å². The highest BCUT2D eigenvalue weighted by molar-refractivity contribution is 4.80. The first-order valence-corrected chi connectivity index (χ1v) is 5.76. The van der Waals surface area contributed by atoms with Crippen LogP contribution in [0.5, 0.6) is 0 Å². The van der Waals surface area contributed by atoms with Crippen molar-refractivity contribution in [2.45, 2.75) is 47.1 Å². The van der Waals surface area contributed by atoms with Crippen LogP contribution in [0.2, 0.25) is 0 Å². The minimum absolute atomic E-state index is 0.732. The summed E-state index contributed by atoms with van der Waals surface area (Å²) in [5.41, 5.74) is 0. The van der Waals surface area contributed by atoms with Crippen LogP contribution in [0.1, 0.15) is 41.0 Å². The van der Waals surface area contributed by atoms with E-state index in [0.717, 1.165) is 23.8 Å². The number of piperidine rings is 1. The molecule has 1 heterocycles. The van der Waals surface area contributed by atoms with E-state index in [0.29, 0.717) is 0 Å². The molecular formula is C12H25N. The monoisotopic (exact) mass is 183 g/mol. The highest BCUT2D eigenvalue weighted by Crippen LogP contribution is 2.30. The Morgan fingerprint density at radius 1 is 1.15 bits per heavy atom. The predicted octanol–water partition coefficient (Wildman–Crippen LogP) is 3.01. The fraction of sp³-hybridized carbons (Fsp3) is 1.00. The largest absolute Gasteiger partial charge is 0.301 e. The van der Waals surface area contributed by atoms with E-state index >= 15 is 0 Å². The molecule has 78 valence electrons. The van der Waals surface area contributed by atoms with E-state index < -0.39 is 0 Å². The van der Waals surface area contributed by atoms with Gasteiger partial charge in [0.1, 0.15) is 0 Å². The molecule has 1 aliphatic rings. The van der Waals surface area contributed by atoms with Crippen molar-refractivity contribution >= 4 is 0 Å². The van der Waals surface area contributed by atoms with Crippen LogP contribution in [0, 0.1) is 17.8 Å². The van der Waals surface area contributed by atoms with Crippen molar-refractivity contribution in [2.24, 2.45) is 17.8 Å². The number of rotatable bonds is 2. The number of likely N-dealkylation sites (tertiary alicyclic amines) is 1. The van der Waals surface area contributed by atoms with Crippen molar-refractivity contribution in [3.63, 3.8) is 0 Å². The van der Waals surface area contributed by atoms with Gasteiger partial charge in [0.15, 0.2) is 0 Å². The number of hydrogen-bond acceptors (Lipinski definition) is 1. The Balaban J connectivity index is 2.46. The van der Waals surface area contributed by atoms with Crippen LogP contribution in [0.25, 0.3) is 0 Å². The minimum atomic E-state index is 0.732. The van der Waals surface area contributed by atoms with E-state index in [1.807, 2.05) is 0 Å². The van der Waals surface area contributed by atoms with E-state index in [2.05, 4.69) is 39.5 Å². The highest BCUT2D eigenvalue weighted by Gasteiger charge is 2.28. The van der Waals surface area contributed by atoms with Gasteiger partial charge in [-0.3, -0.25) is 0 Å². The summed E-state index contributed by atoms with van der Waals surface area (Å²) in [5.74, 6) is 2.70. The quantitative estimate of drug-likeness (QED) is 0.636. The second kappa shape index (κ2) is 4.45. The predicted molar refractivity (Wildman–Crippen MR) is 58.8 cm³/mol. The zero-order valence-corrected chi connectivity index (χ0v) is 9.88. The fourth-order valence-electron chi connectivity index (χ4n) is 2.66. The van der Waals surface area contributed by atoms with Crippen LogP contribution in [0.15, 0.2) is 0 Å².